The highest BCUT2D eigenvalue weighted by molar-refractivity contribution is 5.95. The van der Waals surface area contributed by atoms with Gasteiger partial charge in [0.1, 0.15) is 6.04 Å². The van der Waals surface area contributed by atoms with Crippen LogP contribution in [0, 0.1) is 5.92 Å². The molecule has 0 saturated heterocycles. The van der Waals surface area contributed by atoms with Gasteiger partial charge in [-0.15, -0.1) is 0 Å². The van der Waals surface area contributed by atoms with E-state index in [1.54, 1.807) is 23.4 Å². The Hall–Kier alpha value is -2.44. The van der Waals surface area contributed by atoms with Crippen molar-refractivity contribution >= 4 is 23.8 Å². The van der Waals surface area contributed by atoms with Crippen molar-refractivity contribution in [2.75, 3.05) is 19.0 Å². The predicted octanol–water partition coefficient (Wildman–Crippen LogP) is 0.572. The van der Waals surface area contributed by atoms with Crippen LogP contribution >= 0.6 is 0 Å². The van der Waals surface area contributed by atoms with Crippen molar-refractivity contribution in [2.24, 2.45) is 11.7 Å². The maximum atomic E-state index is 11.8. The predicted molar refractivity (Wildman–Crippen MR) is 86.0 cm³/mol. The Bertz CT molecular complexity index is 537. The summed E-state index contributed by atoms with van der Waals surface area (Å²) < 4.78 is 0. The minimum absolute atomic E-state index is 0.258. The van der Waals surface area contributed by atoms with Crippen molar-refractivity contribution in [1.82, 2.24) is 15.3 Å². The number of rotatable bonds is 7. The van der Waals surface area contributed by atoms with Crippen molar-refractivity contribution in [3.63, 3.8) is 0 Å². The van der Waals surface area contributed by atoms with Gasteiger partial charge in [-0.3, -0.25) is 9.59 Å². The molecule has 0 saturated carbocycles. The first kappa shape index (κ1) is 17.6. The van der Waals surface area contributed by atoms with Crippen LogP contribution in [0.15, 0.2) is 18.5 Å². The Morgan fingerprint density at radius 2 is 1.91 bits per heavy atom. The topological polar surface area (TPSA) is 101 Å². The molecule has 22 heavy (non-hydrogen) atoms. The molecule has 0 fully saturated rings. The Morgan fingerprint density at radius 1 is 1.32 bits per heavy atom. The number of carbonyl (C=O) groups is 2. The second kappa shape index (κ2) is 8.11. The number of aromatic nitrogens is 2. The summed E-state index contributed by atoms with van der Waals surface area (Å²) in [6.07, 6.45) is 6.67. The van der Waals surface area contributed by atoms with Gasteiger partial charge < -0.3 is 16.0 Å². The van der Waals surface area contributed by atoms with Crippen LogP contribution in [0.4, 0.5) is 5.95 Å². The summed E-state index contributed by atoms with van der Waals surface area (Å²) in [6, 6.07) is -0.662. The molecule has 0 unspecified atom stereocenters. The smallest absolute Gasteiger partial charge is 0.244 e. The molecule has 1 aromatic rings. The summed E-state index contributed by atoms with van der Waals surface area (Å²) in [5.74, 6) is -0.0589. The number of primary amides is 1. The molecule has 7 heteroatoms. The summed E-state index contributed by atoms with van der Waals surface area (Å²) in [5.41, 5.74) is 5.98. The second-order valence-corrected chi connectivity index (χ2v) is 5.64. The van der Waals surface area contributed by atoms with Crippen LogP contribution in [0.2, 0.25) is 0 Å². The highest BCUT2D eigenvalue weighted by Gasteiger charge is 2.17. The van der Waals surface area contributed by atoms with Gasteiger partial charge in [0.15, 0.2) is 0 Å². The molecule has 3 N–H and O–H groups in total. The zero-order valence-electron chi connectivity index (χ0n) is 13.4. The van der Waals surface area contributed by atoms with E-state index in [9.17, 15) is 9.59 Å². The maximum Gasteiger partial charge on any atom is 0.244 e. The number of nitrogens with one attached hydrogen (secondary N) is 1. The van der Waals surface area contributed by atoms with Crippen LogP contribution in [0.3, 0.4) is 0 Å². The van der Waals surface area contributed by atoms with Crippen molar-refractivity contribution < 1.29 is 9.59 Å². The molecule has 0 bridgehead atoms. The quantitative estimate of drug-likeness (QED) is 0.717. The largest absolute Gasteiger partial charge is 0.368 e. The van der Waals surface area contributed by atoms with Gasteiger partial charge in [0, 0.05) is 38.1 Å². The zero-order chi connectivity index (χ0) is 16.7. The molecule has 0 aliphatic heterocycles. The lowest BCUT2D eigenvalue weighted by Crippen LogP contribution is -2.44. The van der Waals surface area contributed by atoms with Crippen LogP contribution in [-0.4, -0.2) is 41.9 Å². The van der Waals surface area contributed by atoms with Gasteiger partial charge in [-0.2, -0.15) is 0 Å². The number of nitrogens with two attached hydrogens (primary N) is 1. The molecule has 0 aliphatic carbocycles. The Morgan fingerprint density at radius 3 is 2.36 bits per heavy atom. The number of amides is 2. The SMILES string of the molecule is CC(C)C[C@H](NC(=O)C=Cc1cnc(N(C)C)nc1)C(N)=O. The van der Waals surface area contributed by atoms with Crippen LogP contribution in [-0.2, 0) is 9.59 Å². The Labute approximate surface area is 130 Å². The number of anilines is 1. The molecule has 0 aromatic carbocycles. The molecular formula is C15H23N5O2. The lowest BCUT2D eigenvalue weighted by Gasteiger charge is -2.16. The molecule has 0 radical (unpaired) electrons. The monoisotopic (exact) mass is 305 g/mol. The Kier molecular flexibility index (Phi) is 6.49. The average molecular weight is 305 g/mol. The summed E-state index contributed by atoms with van der Waals surface area (Å²) >= 11 is 0. The van der Waals surface area contributed by atoms with Crippen LogP contribution in [0.5, 0.6) is 0 Å². The third kappa shape index (κ3) is 5.90. The van der Waals surface area contributed by atoms with Gasteiger partial charge in [0.25, 0.3) is 0 Å². The van der Waals surface area contributed by atoms with E-state index in [4.69, 9.17) is 5.73 Å². The fourth-order valence-electron chi connectivity index (χ4n) is 1.76. The lowest BCUT2D eigenvalue weighted by molar-refractivity contribution is -0.125. The van der Waals surface area contributed by atoms with Gasteiger partial charge in [-0.25, -0.2) is 9.97 Å². The third-order valence-electron chi connectivity index (χ3n) is 2.85. The lowest BCUT2D eigenvalue weighted by atomic mass is 10.0. The fourth-order valence-corrected chi connectivity index (χ4v) is 1.76. The fraction of sp³-hybridized carbons (Fsp3) is 0.467. The number of nitrogens with zero attached hydrogens (tertiary/aromatic N) is 3. The van der Waals surface area contributed by atoms with Crippen molar-refractivity contribution in [3.8, 4) is 0 Å². The van der Waals surface area contributed by atoms with Crippen molar-refractivity contribution in [2.45, 2.75) is 26.3 Å². The first-order valence-electron chi connectivity index (χ1n) is 7.07. The first-order chi connectivity index (χ1) is 10.3. The summed E-state index contributed by atoms with van der Waals surface area (Å²) in [4.78, 5) is 33.2. The van der Waals surface area contributed by atoms with E-state index < -0.39 is 11.9 Å². The third-order valence-corrected chi connectivity index (χ3v) is 2.85. The summed E-state index contributed by atoms with van der Waals surface area (Å²) in [6.45, 7) is 3.92. The highest BCUT2D eigenvalue weighted by atomic mass is 16.2. The second-order valence-electron chi connectivity index (χ2n) is 5.64. The van der Waals surface area contributed by atoms with Crippen LogP contribution in [0.25, 0.3) is 6.08 Å². The molecule has 0 spiro atoms. The maximum absolute atomic E-state index is 11.8. The molecule has 1 rings (SSSR count). The zero-order valence-corrected chi connectivity index (χ0v) is 13.4. The van der Waals surface area contributed by atoms with Crippen molar-refractivity contribution in [3.05, 3.63) is 24.0 Å². The summed E-state index contributed by atoms with van der Waals surface area (Å²) in [7, 11) is 3.69. The van der Waals surface area contributed by atoms with Gasteiger partial charge in [-0.05, 0) is 18.4 Å². The van der Waals surface area contributed by atoms with Crippen LogP contribution < -0.4 is 16.0 Å². The van der Waals surface area contributed by atoms with Crippen LogP contribution in [0.1, 0.15) is 25.8 Å². The van der Waals surface area contributed by atoms with E-state index in [1.807, 2.05) is 27.9 Å². The van der Waals surface area contributed by atoms with Gasteiger partial charge in [0.05, 0.1) is 0 Å². The normalized spacial score (nSPS) is 12.4. The molecule has 2 amide bonds. The molecule has 7 nitrogen and oxygen atoms in total. The number of hydrogen-bond acceptors (Lipinski definition) is 5. The van der Waals surface area contributed by atoms with Gasteiger partial charge in [0.2, 0.25) is 17.8 Å². The van der Waals surface area contributed by atoms with E-state index in [0.717, 1.165) is 0 Å². The van der Waals surface area contributed by atoms with Crippen molar-refractivity contribution in [1.29, 1.82) is 0 Å². The van der Waals surface area contributed by atoms with E-state index >= 15 is 0 Å². The van der Waals surface area contributed by atoms with E-state index in [-0.39, 0.29) is 11.8 Å². The molecule has 1 heterocycles. The minimum Gasteiger partial charge on any atom is -0.368 e. The van der Waals surface area contributed by atoms with E-state index in [0.29, 0.717) is 17.9 Å². The minimum atomic E-state index is -0.662. The van der Waals surface area contributed by atoms with Gasteiger partial charge >= 0.3 is 0 Å². The number of hydrogen-bond donors (Lipinski definition) is 2. The molecule has 1 atom stereocenters. The van der Waals surface area contributed by atoms with Gasteiger partial charge in [-0.1, -0.05) is 13.8 Å². The first-order valence-corrected chi connectivity index (χ1v) is 7.07. The standard InChI is InChI=1S/C15H23N5O2/c1-10(2)7-12(14(16)22)19-13(21)6-5-11-8-17-15(18-9-11)20(3)4/h5-6,8-10,12H,7H2,1-4H3,(H2,16,22)(H,19,21)/t12-/m0/s1. The summed E-state index contributed by atoms with van der Waals surface area (Å²) in [5, 5.41) is 2.60. The number of carbonyl (C=O) groups excluding carboxylic acids is 2. The molecular weight excluding hydrogens is 282 g/mol. The van der Waals surface area contributed by atoms with E-state index in [1.165, 1.54) is 6.08 Å². The average Bonchev–Trinajstić information content (AvgIpc) is 2.44. The molecule has 0 aliphatic rings. The Balaban J connectivity index is 2.64. The molecule has 1 aromatic heterocycles. The highest BCUT2D eigenvalue weighted by Crippen LogP contribution is 2.06. The molecule has 120 valence electrons. The van der Waals surface area contributed by atoms with E-state index in [2.05, 4.69) is 15.3 Å².